The molecule has 1 aromatic heterocycles. The lowest BCUT2D eigenvalue weighted by atomic mass is 10.1. The first kappa shape index (κ1) is 14.1. The van der Waals surface area contributed by atoms with Crippen LogP contribution in [0.15, 0.2) is 35.1 Å². The standard InChI is InChI=1S/C17H22N2O2/c1-12-16(13-8-4-2-5-9-13)18-19(17(12)21)14-10-6-3-7-11-15(14)20/h2,4-5,8-9,14-15,18,20H,3,6-7,10-11H2,1H3. The third-order valence-corrected chi connectivity index (χ3v) is 4.48. The van der Waals surface area contributed by atoms with Crippen molar-refractivity contribution in [2.45, 2.75) is 51.2 Å². The van der Waals surface area contributed by atoms with E-state index >= 15 is 0 Å². The predicted octanol–water partition coefficient (Wildman–Crippen LogP) is 3.02. The van der Waals surface area contributed by atoms with Crippen molar-refractivity contribution in [3.8, 4) is 11.3 Å². The van der Waals surface area contributed by atoms with Crippen LogP contribution in [0.25, 0.3) is 11.3 Å². The molecule has 1 aliphatic rings. The van der Waals surface area contributed by atoms with Crippen LogP contribution in [-0.4, -0.2) is 21.0 Å². The van der Waals surface area contributed by atoms with Gasteiger partial charge in [-0.3, -0.25) is 9.89 Å². The predicted molar refractivity (Wildman–Crippen MR) is 83.4 cm³/mol. The number of aromatic nitrogens is 2. The Hall–Kier alpha value is -1.81. The highest BCUT2D eigenvalue weighted by Gasteiger charge is 2.26. The molecular formula is C17H22N2O2. The van der Waals surface area contributed by atoms with Crippen LogP contribution in [0.1, 0.15) is 43.7 Å². The van der Waals surface area contributed by atoms with Crippen LogP contribution in [0.2, 0.25) is 0 Å². The molecule has 1 saturated carbocycles. The van der Waals surface area contributed by atoms with Gasteiger partial charge in [0.05, 0.1) is 17.8 Å². The number of rotatable bonds is 2. The molecule has 1 heterocycles. The van der Waals surface area contributed by atoms with Gasteiger partial charge in [0.25, 0.3) is 5.56 Å². The van der Waals surface area contributed by atoms with Crippen LogP contribution in [0.3, 0.4) is 0 Å². The van der Waals surface area contributed by atoms with E-state index in [4.69, 9.17) is 0 Å². The van der Waals surface area contributed by atoms with E-state index in [9.17, 15) is 9.90 Å². The average Bonchev–Trinajstić information content (AvgIpc) is 2.67. The number of aliphatic hydroxyl groups is 1. The summed E-state index contributed by atoms with van der Waals surface area (Å²) in [6.45, 7) is 1.85. The zero-order valence-electron chi connectivity index (χ0n) is 12.4. The first-order valence-electron chi connectivity index (χ1n) is 7.73. The van der Waals surface area contributed by atoms with Gasteiger partial charge < -0.3 is 5.11 Å². The summed E-state index contributed by atoms with van der Waals surface area (Å²) in [6.07, 6.45) is 4.43. The van der Waals surface area contributed by atoms with Crippen LogP contribution in [0, 0.1) is 6.92 Å². The number of nitrogens with zero attached hydrogens (tertiary/aromatic N) is 1. The van der Waals surface area contributed by atoms with Gasteiger partial charge in [-0.2, -0.15) is 0 Å². The Morgan fingerprint density at radius 1 is 1.14 bits per heavy atom. The number of aliphatic hydroxyl groups excluding tert-OH is 1. The van der Waals surface area contributed by atoms with Crippen molar-refractivity contribution >= 4 is 0 Å². The smallest absolute Gasteiger partial charge is 0.270 e. The van der Waals surface area contributed by atoms with Crippen LogP contribution < -0.4 is 5.56 Å². The van der Waals surface area contributed by atoms with Crippen molar-refractivity contribution in [3.05, 3.63) is 46.2 Å². The molecule has 3 rings (SSSR count). The lowest BCUT2D eigenvalue weighted by Crippen LogP contribution is -2.31. The number of hydrogen-bond donors (Lipinski definition) is 2. The highest BCUT2D eigenvalue weighted by molar-refractivity contribution is 5.62. The zero-order chi connectivity index (χ0) is 14.8. The van der Waals surface area contributed by atoms with Crippen LogP contribution >= 0.6 is 0 Å². The van der Waals surface area contributed by atoms with Gasteiger partial charge in [0.2, 0.25) is 0 Å². The van der Waals surface area contributed by atoms with E-state index in [2.05, 4.69) is 5.10 Å². The summed E-state index contributed by atoms with van der Waals surface area (Å²) >= 11 is 0. The third-order valence-electron chi connectivity index (χ3n) is 4.48. The fourth-order valence-electron chi connectivity index (χ4n) is 3.23. The molecule has 2 unspecified atom stereocenters. The van der Waals surface area contributed by atoms with Gasteiger partial charge in [-0.15, -0.1) is 0 Å². The monoisotopic (exact) mass is 286 g/mol. The number of benzene rings is 1. The molecule has 21 heavy (non-hydrogen) atoms. The Labute approximate surface area is 124 Å². The Morgan fingerprint density at radius 3 is 2.62 bits per heavy atom. The van der Waals surface area contributed by atoms with E-state index in [0.29, 0.717) is 0 Å². The number of nitrogens with one attached hydrogen (secondary N) is 1. The largest absolute Gasteiger partial charge is 0.391 e. The Balaban J connectivity index is 2.02. The average molecular weight is 286 g/mol. The Bertz CT molecular complexity index is 657. The molecule has 0 aliphatic heterocycles. The molecule has 0 saturated heterocycles. The van der Waals surface area contributed by atoms with Gasteiger partial charge in [0.1, 0.15) is 0 Å². The van der Waals surface area contributed by atoms with Gasteiger partial charge >= 0.3 is 0 Å². The number of hydrogen-bond acceptors (Lipinski definition) is 2. The topological polar surface area (TPSA) is 58.0 Å². The molecule has 0 spiro atoms. The van der Waals surface area contributed by atoms with E-state index in [1.165, 1.54) is 0 Å². The molecule has 4 heteroatoms. The summed E-state index contributed by atoms with van der Waals surface area (Å²) in [6, 6.07) is 9.74. The van der Waals surface area contributed by atoms with E-state index in [-0.39, 0.29) is 11.6 Å². The SMILES string of the molecule is Cc1c(-c2ccccc2)[nH]n(C2CCCCCC2O)c1=O. The molecule has 2 N–H and O–H groups in total. The highest BCUT2D eigenvalue weighted by Crippen LogP contribution is 2.28. The lowest BCUT2D eigenvalue weighted by molar-refractivity contribution is 0.0975. The highest BCUT2D eigenvalue weighted by atomic mass is 16.3. The quantitative estimate of drug-likeness (QED) is 0.834. The summed E-state index contributed by atoms with van der Waals surface area (Å²) in [4.78, 5) is 12.5. The van der Waals surface area contributed by atoms with Gasteiger partial charge in [0.15, 0.2) is 0 Å². The maximum absolute atomic E-state index is 12.5. The number of aromatic amines is 1. The van der Waals surface area contributed by atoms with Crippen LogP contribution in [0.4, 0.5) is 0 Å². The van der Waals surface area contributed by atoms with E-state index in [1.807, 2.05) is 37.3 Å². The van der Waals surface area contributed by atoms with E-state index in [0.717, 1.165) is 48.9 Å². The minimum absolute atomic E-state index is 0.0141. The van der Waals surface area contributed by atoms with Gasteiger partial charge in [-0.25, -0.2) is 4.68 Å². The van der Waals surface area contributed by atoms with E-state index in [1.54, 1.807) is 4.68 Å². The van der Waals surface area contributed by atoms with Crippen molar-refractivity contribution < 1.29 is 5.11 Å². The second kappa shape index (κ2) is 5.90. The van der Waals surface area contributed by atoms with Crippen molar-refractivity contribution in [1.82, 2.24) is 9.78 Å². The van der Waals surface area contributed by atoms with Crippen LogP contribution in [0.5, 0.6) is 0 Å². The van der Waals surface area contributed by atoms with Gasteiger partial charge in [-0.1, -0.05) is 49.6 Å². The van der Waals surface area contributed by atoms with Crippen molar-refractivity contribution in [1.29, 1.82) is 0 Å². The van der Waals surface area contributed by atoms with Gasteiger partial charge in [0, 0.05) is 5.56 Å². The molecule has 1 aliphatic carbocycles. The first-order valence-corrected chi connectivity index (χ1v) is 7.73. The van der Waals surface area contributed by atoms with Crippen LogP contribution in [-0.2, 0) is 0 Å². The normalized spacial score (nSPS) is 23.0. The molecule has 0 radical (unpaired) electrons. The molecular weight excluding hydrogens is 264 g/mol. The van der Waals surface area contributed by atoms with Crippen molar-refractivity contribution in [3.63, 3.8) is 0 Å². The molecule has 1 aromatic carbocycles. The maximum Gasteiger partial charge on any atom is 0.270 e. The van der Waals surface area contributed by atoms with Crippen molar-refractivity contribution in [2.24, 2.45) is 0 Å². The maximum atomic E-state index is 12.5. The molecule has 2 aromatic rings. The summed E-state index contributed by atoms with van der Waals surface area (Å²) in [5.74, 6) is 0. The Kier molecular flexibility index (Phi) is 3.97. The first-order chi connectivity index (χ1) is 10.2. The van der Waals surface area contributed by atoms with E-state index < -0.39 is 6.10 Å². The van der Waals surface area contributed by atoms with Gasteiger partial charge in [-0.05, 0) is 25.3 Å². The summed E-state index contributed by atoms with van der Waals surface area (Å²) in [7, 11) is 0. The second-order valence-electron chi connectivity index (χ2n) is 5.93. The summed E-state index contributed by atoms with van der Waals surface area (Å²) in [5.41, 5.74) is 2.57. The molecule has 1 fully saturated rings. The fourth-order valence-corrected chi connectivity index (χ4v) is 3.23. The molecule has 4 nitrogen and oxygen atoms in total. The zero-order valence-corrected chi connectivity index (χ0v) is 12.4. The Morgan fingerprint density at radius 2 is 1.86 bits per heavy atom. The molecule has 0 amide bonds. The summed E-state index contributed by atoms with van der Waals surface area (Å²) in [5, 5.41) is 13.6. The fraction of sp³-hybridized carbons (Fsp3) is 0.471. The lowest BCUT2D eigenvalue weighted by Gasteiger charge is -2.20. The number of H-pyrrole nitrogens is 1. The third kappa shape index (κ3) is 2.68. The molecule has 0 bridgehead atoms. The minimum Gasteiger partial charge on any atom is -0.391 e. The van der Waals surface area contributed by atoms with Crippen molar-refractivity contribution in [2.75, 3.05) is 0 Å². The summed E-state index contributed by atoms with van der Waals surface area (Å²) < 4.78 is 1.65. The molecule has 2 atom stereocenters. The molecule has 112 valence electrons. The minimum atomic E-state index is -0.438. The second-order valence-corrected chi connectivity index (χ2v) is 5.93.